The number of nitrogens with zero attached hydrogens (tertiary/aromatic N) is 1. The number of aliphatic carboxylic acids is 2. The van der Waals surface area contributed by atoms with E-state index < -0.39 is 41.1 Å². The fourth-order valence-corrected chi connectivity index (χ4v) is 3.57. The van der Waals surface area contributed by atoms with Crippen molar-refractivity contribution in [2.24, 2.45) is 5.92 Å². The highest BCUT2D eigenvalue weighted by molar-refractivity contribution is 5.77. The topological polar surface area (TPSA) is 116 Å². The molecule has 0 aromatic heterocycles. The van der Waals surface area contributed by atoms with E-state index in [4.69, 9.17) is 4.74 Å². The minimum Gasteiger partial charge on any atom is -0.481 e. The van der Waals surface area contributed by atoms with Crippen LogP contribution in [0.2, 0.25) is 0 Å². The maximum atomic E-state index is 12.2. The summed E-state index contributed by atoms with van der Waals surface area (Å²) in [5.41, 5.74) is -1.000. The Balaban J connectivity index is 2.67. The summed E-state index contributed by atoms with van der Waals surface area (Å²) < 4.78 is 5.36. The average Bonchev–Trinajstić information content (AvgIpc) is 2.96. The highest BCUT2D eigenvalue weighted by Crippen LogP contribution is 2.27. The average molecular weight is 386 g/mol. The molecular weight excluding hydrogens is 352 g/mol. The van der Waals surface area contributed by atoms with Crippen molar-refractivity contribution in [3.63, 3.8) is 0 Å². The maximum absolute atomic E-state index is 12.2. The number of likely N-dealkylation sites (tertiary alicyclic amines) is 1. The van der Waals surface area contributed by atoms with Crippen LogP contribution in [0.3, 0.4) is 0 Å². The smallest absolute Gasteiger partial charge is 0.408 e. The van der Waals surface area contributed by atoms with Gasteiger partial charge in [-0.1, -0.05) is 13.8 Å². The molecule has 0 spiro atoms. The molecule has 1 aliphatic rings. The van der Waals surface area contributed by atoms with Crippen LogP contribution in [0.25, 0.3) is 0 Å². The van der Waals surface area contributed by atoms with Gasteiger partial charge in [-0.25, -0.2) is 4.79 Å². The zero-order valence-electron chi connectivity index (χ0n) is 17.1. The molecule has 8 nitrogen and oxygen atoms in total. The predicted molar refractivity (Wildman–Crippen MR) is 101 cm³/mol. The lowest BCUT2D eigenvalue weighted by molar-refractivity contribution is -0.142. The van der Waals surface area contributed by atoms with Crippen LogP contribution >= 0.6 is 0 Å². The van der Waals surface area contributed by atoms with Crippen molar-refractivity contribution < 1.29 is 29.3 Å². The van der Waals surface area contributed by atoms with E-state index in [-0.39, 0.29) is 13.0 Å². The summed E-state index contributed by atoms with van der Waals surface area (Å²) in [4.78, 5) is 36.5. The third kappa shape index (κ3) is 7.01. The number of hydrogen-bond acceptors (Lipinski definition) is 5. The minimum atomic E-state index is -0.983. The number of hydrogen-bond donors (Lipinski definition) is 3. The van der Waals surface area contributed by atoms with Crippen LogP contribution in [-0.4, -0.2) is 63.4 Å². The number of alkyl carbamates (subject to hydrolysis) is 1. The zero-order valence-corrected chi connectivity index (χ0v) is 17.1. The first kappa shape index (κ1) is 23.2. The van der Waals surface area contributed by atoms with Crippen molar-refractivity contribution in [1.82, 2.24) is 10.2 Å². The van der Waals surface area contributed by atoms with Gasteiger partial charge in [0.15, 0.2) is 0 Å². The van der Waals surface area contributed by atoms with Gasteiger partial charge >= 0.3 is 18.0 Å². The molecule has 0 radical (unpaired) electrons. The lowest BCUT2D eigenvalue weighted by atomic mass is 9.87. The second-order valence-electron chi connectivity index (χ2n) is 8.34. The van der Waals surface area contributed by atoms with Gasteiger partial charge < -0.3 is 20.3 Å². The molecule has 27 heavy (non-hydrogen) atoms. The molecule has 1 heterocycles. The minimum absolute atomic E-state index is 0.132. The van der Waals surface area contributed by atoms with Crippen molar-refractivity contribution in [1.29, 1.82) is 0 Å². The van der Waals surface area contributed by atoms with Crippen molar-refractivity contribution >= 4 is 18.0 Å². The largest absolute Gasteiger partial charge is 0.481 e. The number of carbonyl (C=O) groups is 3. The van der Waals surface area contributed by atoms with Crippen molar-refractivity contribution in [3.8, 4) is 0 Å². The molecule has 0 aliphatic carbocycles. The Morgan fingerprint density at radius 1 is 1.11 bits per heavy atom. The Hall–Kier alpha value is -1.83. The quantitative estimate of drug-likeness (QED) is 0.558. The molecule has 1 rings (SSSR count). The van der Waals surface area contributed by atoms with E-state index in [9.17, 15) is 24.6 Å². The summed E-state index contributed by atoms with van der Waals surface area (Å²) >= 11 is 0. The second kappa shape index (κ2) is 9.39. The molecule has 8 heteroatoms. The Kier molecular flexibility index (Phi) is 8.07. The van der Waals surface area contributed by atoms with Crippen LogP contribution in [0, 0.1) is 5.92 Å². The predicted octanol–water partition coefficient (Wildman–Crippen LogP) is 2.71. The van der Waals surface area contributed by atoms with Gasteiger partial charge in [-0.15, -0.1) is 0 Å². The molecule has 1 saturated heterocycles. The molecular formula is C19H34N2O6. The molecule has 1 aliphatic heterocycles. The van der Waals surface area contributed by atoms with Crippen LogP contribution in [0.15, 0.2) is 0 Å². The van der Waals surface area contributed by atoms with Gasteiger partial charge in [0.2, 0.25) is 0 Å². The molecule has 2 unspecified atom stereocenters. The second-order valence-corrected chi connectivity index (χ2v) is 8.34. The zero-order chi connectivity index (χ0) is 20.8. The number of ether oxygens (including phenoxy) is 1. The lowest BCUT2D eigenvalue weighted by Gasteiger charge is -2.34. The monoisotopic (exact) mass is 386 g/mol. The number of carboxylic acid groups (broad SMARTS) is 2. The Morgan fingerprint density at radius 3 is 2.15 bits per heavy atom. The van der Waals surface area contributed by atoms with Gasteiger partial charge in [0, 0.05) is 12.1 Å². The standard InChI is InChI=1S/C19H34N2O6/c1-6-19(7-2,20-17(26)27-18(3,4)5)9-8-10-21-12-13(15(22)23)11-14(21)16(24)25/h13-14H,6-12H2,1-5H3,(H,20,26)(H,22,23)(H,24,25). The van der Waals surface area contributed by atoms with E-state index in [0.29, 0.717) is 19.4 Å². The van der Waals surface area contributed by atoms with Gasteiger partial charge in [0.1, 0.15) is 11.6 Å². The summed E-state index contributed by atoms with van der Waals surface area (Å²) in [6.07, 6.45) is 2.45. The van der Waals surface area contributed by atoms with Crippen LogP contribution < -0.4 is 5.32 Å². The highest BCUT2D eigenvalue weighted by Gasteiger charge is 2.40. The van der Waals surface area contributed by atoms with Crippen molar-refractivity contribution in [2.75, 3.05) is 13.1 Å². The molecule has 1 amide bonds. The summed E-state index contributed by atoms with van der Waals surface area (Å²) in [5, 5.41) is 21.5. The van der Waals surface area contributed by atoms with Crippen molar-refractivity contribution in [3.05, 3.63) is 0 Å². The van der Waals surface area contributed by atoms with Gasteiger partial charge in [0.25, 0.3) is 0 Å². The third-order valence-corrected chi connectivity index (χ3v) is 5.26. The number of carbonyl (C=O) groups excluding carboxylic acids is 1. The first-order chi connectivity index (χ1) is 12.4. The van der Waals surface area contributed by atoms with E-state index >= 15 is 0 Å². The number of carboxylic acids is 2. The van der Waals surface area contributed by atoms with E-state index in [0.717, 1.165) is 12.8 Å². The summed E-state index contributed by atoms with van der Waals surface area (Å²) in [7, 11) is 0. The van der Waals surface area contributed by atoms with Crippen LogP contribution in [-0.2, 0) is 14.3 Å². The van der Waals surface area contributed by atoms with Crippen LogP contribution in [0.4, 0.5) is 4.79 Å². The fraction of sp³-hybridized carbons (Fsp3) is 0.842. The Morgan fingerprint density at radius 2 is 1.70 bits per heavy atom. The van der Waals surface area contributed by atoms with E-state index in [1.165, 1.54) is 0 Å². The van der Waals surface area contributed by atoms with E-state index in [1.807, 2.05) is 34.6 Å². The number of amides is 1. The lowest BCUT2D eigenvalue weighted by Crippen LogP contribution is -2.49. The molecule has 0 saturated carbocycles. The van der Waals surface area contributed by atoms with Crippen LogP contribution in [0.5, 0.6) is 0 Å². The molecule has 156 valence electrons. The van der Waals surface area contributed by atoms with E-state index in [2.05, 4.69) is 5.32 Å². The molecule has 0 aromatic carbocycles. The summed E-state index contributed by atoms with van der Waals surface area (Å²) in [6, 6.07) is -0.762. The molecule has 2 atom stereocenters. The van der Waals surface area contributed by atoms with Gasteiger partial charge in [-0.05, 0) is 59.4 Å². The van der Waals surface area contributed by atoms with Crippen molar-refractivity contribution in [2.45, 2.75) is 83.9 Å². The SMILES string of the molecule is CCC(CC)(CCCN1CC(C(=O)O)CC1C(=O)O)NC(=O)OC(C)(C)C. The van der Waals surface area contributed by atoms with E-state index in [1.54, 1.807) is 4.90 Å². The molecule has 0 bridgehead atoms. The van der Waals surface area contributed by atoms with Gasteiger partial charge in [-0.3, -0.25) is 14.5 Å². The first-order valence-electron chi connectivity index (χ1n) is 9.64. The molecule has 0 aromatic rings. The number of nitrogens with one attached hydrogen (secondary N) is 1. The highest BCUT2D eigenvalue weighted by atomic mass is 16.6. The first-order valence-corrected chi connectivity index (χ1v) is 9.64. The summed E-state index contributed by atoms with van der Waals surface area (Å²) in [6.45, 7) is 10.2. The van der Waals surface area contributed by atoms with Gasteiger partial charge in [-0.2, -0.15) is 0 Å². The maximum Gasteiger partial charge on any atom is 0.408 e. The normalized spacial score (nSPS) is 21.1. The van der Waals surface area contributed by atoms with Crippen LogP contribution in [0.1, 0.15) is 66.7 Å². The summed E-state index contributed by atoms with van der Waals surface area (Å²) in [5.74, 6) is -2.58. The fourth-order valence-electron chi connectivity index (χ4n) is 3.57. The Bertz CT molecular complexity index is 539. The molecule has 1 fully saturated rings. The molecule has 3 N–H and O–H groups in total. The van der Waals surface area contributed by atoms with Gasteiger partial charge in [0.05, 0.1) is 5.92 Å². The Labute approximate surface area is 161 Å². The third-order valence-electron chi connectivity index (χ3n) is 5.26. The number of rotatable bonds is 9.